The molecule has 1 amide bonds. The van der Waals surface area contributed by atoms with Crippen molar-refractivity contribution < 1.29 is 19.0 Å². The minimum Gasteiger partial charge on any atom is -0.454 e. The first kappa shape index (κ1) is 16.9. The SMILES string of the molecule is O=C(NCc1ccc2c(c1)OCO2)c1ccc(CN2CCOCC2)cc1. The maximum Gasteiger partial charge on any atom is 0.251 e. The highest BCUT2D eigenvalue weighted by molar-refractivity contribution is 5.94. The van der Waals surface area contributed by atoms with Crippen molar-refractivity contribution in [2.75, 3.05) is 33.1 Å². The largest absolute Gasteiger partial charge is 0.454 e. The van der Waals surface area contributed by atoms with Gasteiger partial charge in [0.1, 0.15) is 0 Å². The van der Waals surface area contributed by atoms with Crippen LogP contribution in [0.4, 0.5) is 0 Å². The second kappa shape index (κ2) is 7.76. The Hall–Kier alpha value is -2.57. The molecule has 1 saturated heterocycles. The molecule has 2 heterocycles. The van der Waals surface area contributed by atoms with Gasteiger partial charge in [-0.15, -0.1) is 0 Å². The lowest BCUT2D eigenvalue weighted by molar-refractivity contribution is 0.0342. The average molecular weight is 354 g/mol. The zero-order chi connectivity index (χ0) is 17.8. The number of nitrogens with one attached hydrogen (secondary N) is 1. The zero-order valence-electron chi connectivity index (χ0n) is 14.6. The van der Waals surface area contributed by atoms with Gasteiger partial charge in [0, 0.05) is 31.7 Å². The number of rotatable bonds is 5. The summed E-state index contributed by atoms with van der Waals surface area (Å²) in [5.41, 5.74) is 2.85. The molecule has 1 fully saturated rings. The first-order valence-corrected chi connectivity index (χ1v) is 8.84. The monoisotopic (exact) mass is 354 g/mol. The smallest absolute Gasteiger partial charge is 0.251 e. The van der Waals surface area contributed by atoms with Gasteiger partial charge in [-0.25, -0.2) is 0 Å². The van der Waals surface area contributed by atoms with E-state index in [4.69, 9.17) is 14.2 Å². The Morgan fingerprint density at radius 2 is 1.69 bits per heavy atom. The maximum atomic E-state index is 12.4. The standard InChI is InChI=1S/C20H22N2O4/c23-20(21-12-16-3-6-18-19(11-16)26-14-25-18)17-4-1-15(2-5-17)13-22-7-9-24-10-8-22/h1-6,11H,7-10,12-14H2,(H,21,23). The van der Waals surface area contributed by atoms with Crippen molar-refractivity contribution in [1.82, 2.24) is 10.2 Å². The van der Waals surface area contributed by atoms with Crippen LogP contribution in [0.3, 0.4) is 0 Å². The van der Waals surface area contributed by atoms with Gasteiger partial charge >= 0.3 is 0 Å². The summed E-state index contributed by atoms with van der Waals surface area (Å²) in [5, 5.41) is 2.95. The van der Waals surface area contributed by atoms with Crippen LogP contribution >= 0.6 is 0 Å². The number of fused-ring (bicyclic) bond motifs is 1. The fraction of sp³-hybridized carbons (Fsp3) is 0.350. The van der Waals surface area contributed by atoms with E-state index in [9.17, 15) is 4.79 Å². The molecule has 0 bridgehead atoms. The molecule has 4 rings (SSSR count). The van der Waals surface area contributed by atoms with E-state index in [-0.39, 0.29) is 12.7 Å². The highest BCUT2D eigenvalue weighted by Gasteiger charge is 2.14. The Morgan fingerprint density at radius 1 is 0.962 bits per heavy atom. The van der Waals surface area contributed by atoms with E-state index >= 15 is 0 Å². The van der Waals surface area contributed by atoms with Gasteiger partial charge < -0.3 is 19.5 Å². The predicted octanol–water partition coefficient (Wildman–Crippen LogP) is 2.18. The Labute approximate surface area is 152 Å². The lowest BCUT2D eigenvalue weighted by Crippen LogP contribution is -2.35. The maximum absolute atomic E-state index is 12.4. The summed E-state index contributed by atoms with van der Waals surface area (Å²) in [5.74, 6) is 1.39. The van der Waals surface area contributed by atoms with E-state index in [2.05, 4.69) is 10.2 Å². The van der Waals surface area contributed by atoms with Crippen molar-refractivity contribution in [3.63, 3.8) is 0 Å². The molecular weight excluding hydrogens is 332 g/mol. The van der Waals surface area contributed by atoms with Gasteiger partial charge in [-0.2, -0.15) is 0 Å². The Balaban J connectivity index is 1.31. The second-order valence-corrected chi connectivity index (χ2v) is 6.46. The average Bonchev–Trinajstić information content (AvgIpc) is 3.15. The molecule has 0 spiro atoms. The van der Waals surface area contributed by atoms with Crippen LogP contribution in [-0.4, -0.2) is 43.9 Å². The molecule has 6 nitrogen and oxygen atoms in total. The molecule has 136 valence electrons. The Morgan fingerprint density at radius 3 is 2.50 bits per heavy atom. The van der Waals surface area contributed by atoms with Crippen molar-refractivity contribution in [3.8, 4) is 11.5 Å². The zero-order valence-corrected chi connectivity index (χ0v) is 14.6. The van der Waals surface area contributed by atoms with Gasteiger partial charge in [0.15, 0.2) is 11.5 Å². The van der Waals surface area contributed by atoms with E-state index in [1.165, 1.54) is 5.56 Å². The quantitative estimate of drug-likeness (QED) is 0.892. The molecule has 0 unspecified atom stereocenters. The van der Waals surface area contributed by atoms with Crippen LogP contribution in [0.5, 0.6) is 11.5 Å². The van der Waals surface area contributed by atoms with Crippen molar-refractivity contribution in [3.05, 3.63) is 59.2 Å². The Kier molecular flexibility index (Phi) is 5.04. The van der Waals surface area contributed by atoms with Crippen LogP contribution in [0, 0.1) is 0 Å². The summed E-state index contributed by atoms with van der Waals surface area (Å²) in [6.45, 7) is 5.09. The molecule has 2 aliphatic heterocycles. The summed E-state index contributed by atoms with van der Waals surface area (Å²) in [6, 6.07) is 13.5. The highest BCUT2D eigenvalue weighted by Crippen LogP contribution is 2.32. The molecule has 0 atom stereocenters. The number of hydrogen-bond donors (Lipinski definition) is 1. The minimum atomic E-state index is -0.0828. The minimum absolute atomic E-state index is 0.0828. The normalized spacial score (nSPS) is 16.5. The first-order chi connectivity index (χ1) is 12.8. The van der Waals surface area contributed by atoms with Gasteiger partial charge in [-0.05, 0) is 35.4 Å². The molecule has 6 heteroatoms. The van der Waals surface area contributed by atoms with E-state index in [1.54, 1.807) is 0 Å². The van der Waals surface area contributed by atoms with Crippen LogP contribution in [0.25, 0.3) is 0 Å². The van der Waals surface area contributed by atoms with E-state index in [1.807, 2.05) is 42.5 Å². The number of hydrogen-bond acceptors (Lipinski definition) is 5. The van der Waals surface area contributed by atoms with Gasteiger partial charge in [0.2, 0.25) is 6.79 Å². The van der Waals surface area contributed by atoms with Crippen LogP contribution in [0.1, 0.15) is 21.5 Å². The predicted molar refractivity (Wildman–Crippen MR) is 96.3 cm³/mol. The number of ether oxygens (including phenoxy) is 3. The fourth-order valence-corrected chi connectivity index (χ4v) is 3.11. The molecular formula is C20H22N2O4. The summed E-state index contributed by atoms with van der Waals surface area (Å²) in [6.07, 6.45) is 0. The summed E-state index contributed by atoms with van der Waals surface area (Å²) in [7, 11) is 0. The number of carbonyl (C=O) groups is 1. The van der Waals surface area contributed by atoms with Crippen molar-refractivity contribution in [2.24, 2.45) is 0 Å². The molecule has 0 aliphatic carbocycles. The molecule has 2 aliphatic rings. The molecule has 2 aromatic carbocycles. The van der Waals surface area contributed by atoms with Crippen molar-refractivity contribution >= 4 is 5.91 Å². The summed E-state index contributed by atoms with van der Waals surface area (Å²) < 4.78 is 16.0. The van der Waals surface area contributed by atoms with E-state index < -0.39 is 0 Å². The van der Waals surface area contributed by atoms with Gasteiger partial charge in [-0.3, -0.25) is 9.69 Å². The topological polar surface area (TPSA) is 60.0 Å². The molecule has 0 saturated carbocycles. The lowest BCUT2D eigenvalue weighted by Gasteiger charge is -2.26. The lowest BCUT2D eigenvalue weighted by atomic mass is 10.1. The molecule has 26 heavy (non-hydrogen) atoms. The third-order valence-electron chi connectivity index (χ3n) is 4.62. The third kappa shape index (κ3) is 3.98. The number of amides is 1. The third-order valence-corrected chi connectivity index (χ3v) is 4.62. The summed E-state index contributed by atoms with van der Waals surface area (Å²) in [4.78, 5) is 14.7. The molecule has 1 N–H and O–H groups in total. The van der Waals surface area contributed by atoms with Crippen LogP contribution in [0.15, 0.2) is 42.5 Å². The Bertz CT molecular complexity index is 770. The summed E-state index contributed by atoms with van der Waals surface area (Å²) >= 11 is 0. The van der Waals surface area contributed by atoms with Gasteiger partial charge in [0.05, 0.1) is 13.2 Å². The van der Waals surface area contributed by atoms with Crippen molar-refractivity contribution in [1.29, 1.82) is 0 Å². The molecule has 2 aromatic rings. The second-order valence-electron chi connectivity index (χ2n) is 6.46. The van der Waals surface area contributed by atoms with Crippen molar-refractivity contribution in [2.45, 2.75) is 13.1 Å². The first-order valence-electron chi connectivity index (χ1n) is 8.84. The number of carbonyl (C=O) groups excluding carboxylic acids is 1. The molecule has 0 radical (unpaired) electrons. The van der Waals surface area contributed by atoms with Crippen LogP contribution < -0.4 is 14.8 Å². The van der Waals surface area contributed by atoms with E-state index in [0.717, 1.165) is 49.9 Å². The fourth-order valence-electron chi connectivity index (χ4n) is 3.11. The van der Waals surface area contributed by atoms with Gasteiger partial charge in [0.25, 0.3) is 5.91 Å². The van der Waals surface area contributed by atoms with Crippen LogP contribution in [-0.2, 0) is 17.8 Å². The number of benzene rings is 2. The number of morpholine rings is 1. The molecule has 0 aromatic heterocycles. The van der Waals surface area contributed by atoms with Gasteiger partial charge in [-0.1, -0.05) is 18.2 Å². The van der Waals surface area contributed by atoms with Crippen LogP contribution in [0.2, 0.25) is 0 Å². The highest BCUT2D eigenvalue weighted by atomic mass is 16.7. The number of nitrogens with zero attached hydrogens (tertiary/aromatic N) is 1. The van der Waals surface area contributed by atoms with E-state index in [0.29, 0.717) is 12.1 Å².